The first-order valence-electron chi connectivity index (χ1n) is 4.86. The molecule has 0 saturated carbocycles. The van der Waals surface area contributed by atoms with Crippen LogP contribution in [0.15, 0.2) is 34.9 Å². The Morgan fingerprint density at radius 2 is 2.13 bits per heavy atom. The fraction of sp³-hybridized carbons (Fsp3) is 0.250. The van der Waals surface area contributed by atoms with E-state index >= 15 is 0 Å². The van der Waals surface area contributed by atoms with Gasteiger partial charge in [-0.25, -0.2) is 4.42 Å². The number of hydrogen-bond acceptors (Lipinski definition) is 2. The molecular weight excluding hydrogens is 192 g/mol. The average Bonchev–Trinajstić information content (AvgIpc) is 2.28. The second-order valence-corrected chi connectivity index (χ2v) is 3.09. The highest BCUT2D eigenvalue weighted by molar-refractivity contribution is 5.80. The van der Waals surface area contributed by atoms with Crippen molar-refractivity contribution in [3.63, 3.8) is 0 Å². The third kappa shape index (κ3) is 1.86. The number of fused-ring (bicyclic) bond motifs is 1. The van der Waals surface area contributed by atoms with Gasteiger partial charge >= 0.3 is 11.8 Å². The maximum Gasteiger partial charge on any atom is 0.363 e. The van der Waals surface area contributed by atoms with E-state index in [1.165, 1.54) is 0 Å². The van der Waals surface area contributed by atoms with Crippen LogP contribution >= 0.6 is 0 Å². The molecule has 0 amide bonds. The molecule has 0 atom stereocenters. The third-order valence-electron chi connectivity index (χ3n) is 2.15. The van der Waals surface area contributed by atoms with E-state index in [-0.39, 0.29) is 0 Å². The second kappa shape index (κ2) is 4.17. The minimum absolute atomic E-state index is 0.617. The number of hydrogen-bond donors (Lipinski definition) is 0. The maximum atomic E-state index is 5.47. The van der Waals surface area contributed by atoms with Crippen molar-refractivity contribution in [1.29, 1.82) is 0 Å². The highest BCUT2D eigenvalue weighted by atomic mass is 16.5. The summed E-state index contributed by atoms with van der Waals surface area (Å²) in [5, 5.41) is 1.00. The Morgan fingerprint density at radius 3 is 2.87 bits per heavy atom. The Hall–Kier alpha value is -1.77. The molecule has 0 aliphatic rings. The summed E-state index contributed by atoms with van der Waals surface area (Å²) in [6, 6.07) is 7.58. The summed E-state index contributed by atoms with van der Waals surface area (Å²) in [6.45, 7) is 2.56. The molecule has 0 aliphatic carbocycles. The van der Waals surface area contributed by atoms with Crippen molar-refractivity contribution in [3.05, 3.63) is 30.5 Å². The molecule has 1 heterocycles. The minimum atomic E-state index is 0.617. The molecule has 2 aromatic rings. The van der Waals surface area contributed by atoms with Gasteiger partial charge in [0.15, 0.2) is 11.5 Å². The van der Waals surface area contributed by atoms with Gasteiger partial charge in [-0.1, -0.05) is 0 Å². The normalized spacial score (nSPS) is 10.3. The van der Waals surface area contributed by atoms with Crippen molar-refractivity contribution >= 4 is 11.0 Å². The smallest absolute Gasteiger partial charge is 0.363 e. The van der Waals surface area contributed by atoms with Crippen molar-refractivity contribution in [3.8, 4) is 11.5 Å². The highest BCUT2D eigenvalue weighted by Gasteiger charge is 2.12. The Morgan fingerprint density at radius 1 is 1.27 bits per heavy atom. The summed E-state index contributed by atoms with van der Waals surface area (Å²) >= 11 is 0. The standard InChI is InChI=1S/C12H13O3/c1-3-14-12-7-9-5-4-6-15-10(9)8-11(12)13-2/h4-8H,3H2,1-2H3/q+1. The molecule has 1 aromatic heterocycles. The summed E-state index contributed by atoms with van der Waals surface area (Å²) < 4.78 is 16.0. The summed E-state index contributed by atoms with van der Waals surface area (Å²) in [6.07, 6.45) is 1.64. The van der Waals surface area contributed by atoms with Gasteiger partial charge in [0.2, 0.25) is 0 Å². The monoisotopic (exact) mass is 205 g/mol. The fourth-order valence-electron chi connectivity index (χ4n) is 1.47. The van der Waals surface area contributed by atoms with Crippen molar-refractivity contribution in [2.75, 3.05) is 13.7 Å². The molecule has 0 spiro atoms. The van der Waals surface area contributed by atoms with Crippen LogP contribution in [-0.2, 0) is 0 Å². The number of methoxy groups -OCH3 is 1. The lowest BCUT2D eigenvalue weighted by Crippen LogP contribution is -1.95. The van der Waals surface area contributed by atoms with Crippen LogP contribution in [0, 0.1) is 0 Å². The first-order chi connectivity index (χ1) is 7.35. The Kier molecular flexibility index (Phi) is 2.72. The zero-order valence-electron chi connectivity index (χ0n) is 8.82. The molecule has 3 nitrogen and oxygen atoms in total. The summed E-state index contributed by atoms with van der Waals surface area (Å²) in [7, 11) is 1.62. The van der Waals surface area contributed by atoms with Crippen LogP contribution in [0.3, 0.4) is 0 Å². The topological polar surface area (TPSA) is 29.8 Å². The molecular formula is C12H13O3+. The average molecular weight is 205 g/mol. The SMILES string of the molecule is CCOc1cc2ccc[o+]c2cc1OC. The number of rotatable bonds is 3. The van der Waals surface area contributed by atoms with E-state index in [4.69, 9.17) is 13.9 Å². The predicted molar refractivity (Wildman–Crippen MR) is 58.3 cm³/mol. The highest BCUT2D eigenvalue weighted by Crippen LogP contribution is 2.32. The summed E-state index contributed by atoms with van der Waals surface area (Å²) in [4.78, 5) is 0. The van der Waals surface area contributed by atoms with Gasteiger partial charge in [0, 0.05) is 12.1 Å². The fourth-order valence-corrected chi connectivity index (χ4v) is 1.47. The minimum Gasteiger partial charge on any atom is -0.492 e. The molecule has 0 bridgehead atoms. The summed E-state index contributed by atoms with van der Waals surface area (Å²) in [5.74, 6) is 1.44. The van der Waals surface area contributed by atoms with E-state index in [1.54, 1.807) is 13.4 Å². The van der Waals surface area contributed by atoms with E-state index in [2.05, 4.69) is 0 Å². The Balaban J connectivity index is 2.58. The van der Waals surface area contributed by atoms with Crippen LogP contribution in [-0.4, -0.2) is 13.7 Å². The van der Waals surface area contributed by atoms with E-state index in [1.807, 2.05) is 31.2 Å². The Bertz CT molecular complexity index is 465. The first-order valence-corrected chi connectivity index (χ1v) is 4.86. The van der Waals surface area contributed by atoms with Gasteiger partial charge in [0.05, 0.1) is 25.2 Å². The van der Waals surface area contributed by atoms with Crippen molar-refractivity contribution in [1.82, 2.24) is 0 Å². The molecule has 2 rings (SSSR count). The quantitative estimate of drug-likeness (QED) is 0.721. The van der Waals surface area contributed by atoms with Crippen LogP contribution < -0.4 is 9.47 Å². The maximum absolute atomic E-state index is 5.47. The molecule has 0 aliphatic heterocycles. The van der Waals surface area contributed by atoms with Crippen LogP contribution in [0.1, 0.15) is 6.92 Å². The van der Waals surface area contributed by atoms with Crippen LogP contribution in [0.2, 0.25) is 0 Å². The van der Waals surface area contributed by atoms with Crippen molar-refractivity contribution in [2.45, 2.75) is 6.92 Å². The molecule has 15 heavy (non-hydrogen) atoms. The molecule has 78 valence electrons. The lowest BCUT2D eigenvalue weighted by atomic mass is 10.2. The van der Waals surface area contributed by atoms with E-state index < -0.39 is 0 Å². The zero-order valence-corrected chi connectivity index (χ0v) is 8.82. The number of ether oxygens (including phenoxy) is 2. The van der Waals surface area contributed by atoms with Crippen LogP contribution in [0.25, 0.3) is 11.0 Å². The second-order valence-electron chi connectivity index (χ2n) is 3.09. The van der Waals surface area contributed by atoms with E-state index in [0.29, 0.717) is 12.4 Å². The van der Waals surface area contributed by atoms with E-state index in [0.717, 1.165) is 16.7 Å². The number of benzene rings is 1. The van der Waals surface area contributed by atoms with Gasteiger partial charge in [0.25, 0.3) is 0 Å². The molecule has 0 N–H and O–H groups in total. The van der Waals surface area contributed by atoms with Crippen LogP contribution in [0.5, 0.6) is 11.5 Å². The van der Waals surface area contributed by atoms with Gasteiger partial charge in [-0.3, -0.25) is 0 Å². The molecule has 3 heteroatoms. The lowest BCUT2D eigenvalue weighted by molar-refractivity contribution is 0.311. The molecule has 0 saturated heterocycles. The third-order valence-corrected chi connectivity index (χ3v) is 2.15. The van der Waals surface area contributed by atoms with Gasteiger partial charge in [-0.2, -0.15) is 0 Å². The predicted octanol–water partition coefficient (Wildman–Crippen LogP) is 3.12. The molecule has 0 radical (unpaired) electrons. The largest absolute Gasteiger partial charge is 0.492 e. The zero-order chi connectivity index (χ0) is 10.7. The van der Waals surface area contributed by atoms with E-state index in [9.17, 15) is 0 Å². The molecule has 1 aromatic carbocycles. The summed E-state index contributed by atoms with van der Waals surface area (Å²) in [5.41, 5.74) is 0.790. The van der Waals surface area contributed by atoms with Gasteiger partial charge in [0.1, 0.15) is 0 Å². The van der Waals surface area contributed by atoms with Gasteiger partial charge in [-0.05, 0) is 13.0 Å². The van der Waals surface area contributed by atoms with Crippen LogP contribution in [0.4, 0.5) is 0 Å². The van der Waals surface area contributed by atoms with Gasteiger partial charge in [-0.15, -0.1) is 0 Å². The van der Waals surface area contributed by atoms with Gasteiger partial charge < -0.3 is 9.47 Å². The lowest BCUT2D eigenvalue weighted by Gasteiger charge is -2.07. The molecule has 0 fully saturated rings. The van der Waals surface area contributed by atoms with Crippen molar-refractivity contribution in [2.24, 2.45) is 0 Å². The van der Waals surface area contributed by atoms with Crippen molar-refractivity contribution < 1.29 is 13.9 Å². The molecule has 0 unspecified atom stereocenters. The Labute approximate surface area is 88.2 Å². The first kappa shape index (κ1) is 9.77.